The summed E-state index contributed by atoms with van der Waals surface area (Å²) in [6.07, 6.45) is 8.97. The van der Waals surface area contributed by atoms with Crippen LogP contribution in [0.15, 0.2) is 24.3 Å². The molecule has 1 aromatic carbocycles. The molecule has 1 aromatic rings. The van der Waals surface area contributed by atoms with E-state index >= 15 is 0 Å². The van der Waals surface area contributed by atoms with Gasteiger partial charge in [0.05, 0.1) is 0 Å². The van der Waals surface area contributed by atoms with Gasteiger partial charge in [0.25, 0.3) is 0 Å². The van der Waals surface area contributed by atoms with Crippen LogP contribution in [0.2, 0.25) is 0 Å². The van der Waals surface area contributed by atoms with Gasteiger partial charge in [-0.15, -0.1) is 0 Å². The van der Waals surface area contributed by atoms with E-state index in [4.69, 9.17) is 5.73 Å². The summed E-state index contributed by atoms with van der Waals surface area (Å²) in [6.45, 7) is 4.25. The number of carbonyl (C=O) groups is 1. The van der Waals surface area contributed by atoms with Crippen molar-refractivity contribution in [2.45, 2.75) is 70.0 Å². The summed E-state index contributed by atoms with van der Waals surface area (Å²) in [7, 11) is 0. The second kappa shape index (κ2) is 8.13. The molecule has 0 bridgehead atoms. The van der Waals surface area contributed by atoms with E-state index in [-0.39, 0.29) is 11.9 Å². The Labute approximate surface area is 145 Å². The Morgan fingerprint density at radius 1 is 1.08 bits per heavy atom. The van der Waals surface area contributed by atoms with E-state index < -0.39 is 6.04 Å². The Bertz CT molecular complexity index is 528. The molecule has 1 saturated carbocycles. The van der Waals surface area contributed by atoms with Gasteiger partial charge in [0.2, 0.25) is 5.91 Å². The highest BCUT2D eigenvalue weighted by Crippen LogP contribution is 2.25. The van der Waals surface area contributed by atoms with Crippen molar-refractivity contribution >= 4 is 5.91 Å². The maximum absolute atomic E-state index is 12.4. The quantitative estimate of drug-likeness (QED) is 0.893. The van der Waals surface area contributed by atoms with E-state index in [0.29, 0.717) is 0 Å². The van der Waals surface area contributed by atoms with Crippen LogP contribution in [0.3, 0.4) is 0 Å². The third-order valence-corrected chi connectivity index (χ3v) is 5.69. The summed E-state index contributed by atoms with van der Waals surface area (Å²) in [5, 5.41) is 3.16. The number of nitrogens with one attached hydrogen (secondary N) is 1. The molecule has 0 aromatic heterocycles. The number of aryl methyl sites for hydroxylation is 1. The van der Waals surface area contributed by atoms with E-state index in [1.54, 1.807) is 0 Å². The number of piperidine rings is 1. The number of amides is 1. The maximum atomic E-state index is 12.4. The zero-order valence-corrected chi connectivity index (χ0v) is 14.8. The van der Waals surface area contributed by atoms with Gasteiger partial charge in [-0.2, -0.15) is 0 Å². The molecule has 4 heteroatoms. The highest BCUT2D eigenvalue weighted by molar-refractivity contribution is 5.83. The SMILES string of the molecule is Cc1ccc(C(N)C(=O)NC2CCN(C3CCCCC3)CC2)cc1. The van der Waals surface area contributed by atoms with Crippen LogP contribution < -0.4 is 11.1 Å². The van der Waals surface area contributed by atoms with Gasteiger partial charge < -0.3 is 16.0 Å². The molecular weight excluding hydrogens is 298 g/mol. The minimum Gasteiger partial charge on any atom is -0.352 e. The molecule has 3 rings (SSSR count). The minimum absolute atomic E-state index is 0.0463. The standard InChI is InChI=1S/C20H31N3O/c1-15-7-9-16(10-8-15)19(21)20(24)22-17-11-13-23(14-12-17)18-5-3-2-4-6-18/h7-10,17-19H,2-6,11-14,21H2,1H3,(H,22,24). The zero-order valence-electron chi connectivity index (χ0n) is 14.8. The Balaban J connectivity index is 1.46. The van der Waals surface area contributed by atoms with Gasteiger partial charge in [0.1, 0.15) is 6.04 Å². The lowest BCUT2D eigenvalue weighted by Gasteiger charge is -2.39. The fraction of sp³-hybridized carbons (Fsp3) is 0.650. The molecule has 1 aliphatic heterocycles. The summed E-state index contributed by atoms with van der Waals surface area (Å²) in [4.78, 5) is 15.1. The lowest BCUT2D eigenvalue weighted by Crippen LogP contribution is -2.49. The molecule has 1 aliphatic carbocycles. The van der Waals surface area contributed by atoms with Gasteiger partial charge in [-0.3, -0.25) is 4.79 Å². The second-order valence-corrected chi connectivity index (χ2v) is 7.50. The van der Waals surface area contributed by atoms with Crippen LogP contribution in [-0.2, 0) is 4.79 Å². The number of hydrogen-bond acceptors (Lipinski definition) is 3. The molecule has 2 aliphatic rings. The van der Waals surface area contributed by atoms with Crippen molar-refractivity contribution in [1.29, 1.82) is 0 Å². The van der Waals surface area contributed by atoms with E-state index in [1.165, 1.54) is 37.7 Å². The van der Waals surface area contributed by atoms with Crippen molar-refractivity contribution < 1.29 is 4.79 Å². The first-order valence-electron chi connectivity index (χ1n) is 9.50. The molecule has 1 unspecified atom stereocenters. The molecule has 1 saturated heterocycles. The first-order valence-corrected chi connectivity index (χ1v) is 9.50. The first-order chi connectivity index (χ1) is 11.6. The van der Waals surface area contributed by atoms with Gasteiger partial charge in [0, 0.05) is 25.2 Å². The van der Waals surface area contributed by atoms with E-state index in [9.17, 15) is 4.79 Å². The predicted molar refractivity (Wildman–Crippen MR) is 97.7 cm³/mol. The van der Waals surface area contributed by atoms with Gasteiger partial charge in [0.15, 0.2) is 0 Å². The average Bonchev–Trinajstić information content (AvgIpc) is 2.63. The second-order valence-electron chi connectivity index (χ2n) is 7.50. The van der Waals surface area contributed by atoms with Crippen LogP contribution in [0.4, 0.5) is 0 Å². The first kappa shape index (κ1) is 17.4. The number of benzene rings is 1. The third-order valence-electron chi connectivity index (χ3n) is 5.69. The molecule has 1 heterocycles. The molecule has 4 nitrogen and oxygen atoms in total. The van der Waals surface area contributed by atoms with Crippen LogP contribution in [0.1, 0.15) is 62.1 Å². The van der Waals surface area contributed by atoms with Crippen LogP contribution in [0, 0.1) is 6.92 Å². The Morgan fingerprint density at radius 2 is 1.71 bits per heavy atom. The lowest BCUT2D eigenvalue weighted by atomic mass is 9.92. The van der Waals surface area contributed by atoms with Gasteiger partial charge in [-0.05, 0) is 38.2 Å². The highest BCUT2D eigenvalue weighted by Gasteiger charge is 2.27. The van der Waals surface area contributed by atoms with Crippen LogP contribution >= 0.6 is 0 Å². The topological polar surface area (TPSA) is 58.4 Å². The Morgan fingerprint density at radius 3 is 2.33 bits per heavy atom. The number of nitrogens with zero attached hydrogens (tertiary/aromatic N) is 1. The van der Waals surface area contributed by atoms with E-state index in [0.717, 1.165) is 37.5 Å². The summed E-state index contributed by atoms with van der Waals surface area (Å²) < 4.78 is 0. The van der Waals surface area contributed by atoms with Crippen molar-refractivity contribution in [2.75, 3.05) is 13.1 Å². The van der Waals surface area contributed by atoms with Gasteiger partial charge in [-0.25, -0.2) is 0 Å². The molecule has 132 valence electrons. The number of likely N-dealkylation sites (tertiary alicyclic amines) is 1. The van der Waals surface area contributed by atoms with Crippen molar-refractivity contribution in [1.82, 2.24) is 10.2 Å². The summed E-state index contributed by atoms with van der Waals surface area (Å²) in [5.41, 5.74) is 8.20. The maximum Gasteiger partial charge on any atom is 0.241 e. The molecule has 0 spiro atoms. The highest BCUT2D eigenvalue weighted by atomic mass is 16.2. The normalized spacial score (nSPS) is 22.2. The molecular formula is C20H31N3O. The fourth-order valence-electron chi connectivity index (χ4n) is 4.07. The average molecular weight is 329 g/mol. The van der Waals surface area contributed by atoms with E-state index in [2.05, 4.69) is 10.2 Å². The number of nitrogens with two attached hydrogens (primary N) is 1. The smallest absolute Gasteiger partial charge is 0.241 e. The summed E-state index contributed by atoms with van der Waals surface area (Å²) >= 11 is 0. The van der Waals surface area contributed by atoms with Crippen molar-refractivity contribution in [3.05, 3.63) is 35.4 Å². The lowest BCUT2D eigenvalue weighted by molar-refractivity contribution is -0.123. The van der Waals surface area contributed by atoms with E-state index in [1.807, 2.05) is 31.2 Å². The summed E-state index contributed by atoms with van der Waals surface area (Å²) in [5.74, 6) is -0.0463. The monoisotopic (exact) mass is 329 g/mol. The molecule has 24 heavy (non-hydrogen) atoms. The van der Waals surface area contributed by atoms with Crippen molar-refractivity contribution in [2.24, 2.45) is 5.73 Å². The van der Waals surface area contributed by atoms with Crippen molar-refractivity contribution in [3.63, 3.8) is 0 Å². The molecule has 1 amide bonds. The third kappa shape index (κ3) is 4.37. The number of hydrogen-bond donors (Lipinski definition) is 2. The Kier molecular flexibility index (Phi) is 5.90. The zero-order chi connectivity index (χ0) is 16.9. The van der Waals surface area contributed by atoms with Crippen LogP contribution in [0.5, 0.6) is 0 Å². The summed E-state index contributed by atoms with van der Waals surface area (Å²) in [6, 6.07) is 8.40. The predicted octanol–water partition coefficient (Wildman–Crippen LogP) is 2.91. The van der Waals surface area contributed by atoms with Crippen LogP contribution in [0.25, 0.3) is 0 Å². The molecule has 2 fully saturated rings. The number of rotatable bonds is 4. The minimum atomic E-state index is -0.568. The molecule has 1 atom stereocenters. The number of carbonyl (C=O) groups excluding carboxylic acids is 1. The molecule has 3 N–H and O–H groups in total. The van der Waals surface area contributed by atoms with Crippen LogP contribution in [-0.4, -0.2) is 36.0 Å². The van der Waals surface area contributed by atoms with Gasteiger partial charge >= 0.3 is 0 Å². The largest absolute Gasteiger partial charge is 0.352 e. The fourth-order valence-corrected chi connectivity index (χ4v) is 4.07. The van der Waals surface area contributed by atoms with Gasteiger partial charge in [-0.1, -0.05) is 49.1 Å². The van der Waals surface area contributed by atoms with Crippen molar-refractivity contribution in [3.8, 4) is 0 Å². The molecule has 0 radical (unpaired) electrons. The Hall–Kier alpha value is -1.39.